The van der Waals surface area contributed by atoms with Crippen molar-refractivity contribution in [2.75, 3.05) is 52.4 Å². The number of carbonyl (C=O) groups excluding carboxylic acids is 2. The van der Waals surface area contributed by atoms with E-state index in [4.69, 9.17) is 84.5 Å². The Hall–Kier alpha value is -4.31. The van der Waals surface area contributed by atoms with E-state index in [0.717, 1.165) is 38.6 Å². The van der Waals surface area contributed by atoms with E-state index in [-0.39, 0.29) is 139 Å². The summed E-state index contributed by atoms with van der Waals surface area (Å²) in [6.07, 6.45) is -1.74. The minimum absolute atomic E-state index is 0.0154. The fraction of sp³-hybridized carbons (Fsp3) is 0.898. The summed E-state index contributed by atoms with van der Waals surface area (Å²) < 4.78 is 189. The number of rotatable bonds is 28. The van der Waals surface area contributed by atoms with Gasteiger partial charge in [0.2, 0.25) is 30.1 Å². The van der Waals surface area contributed by atoms with Gasteiger partial charge in [0, 0.05) is 76.2 Å². The smallest absolute Gasteiger partial charge is 0.451 e. The van der Waals surface area contributed by atoms with Crippen LogP contribution in [0.15, 0.2) is 0 Å². The molecule has 0 aromatic rings. The average molecular weight is 1650 g/mol. The lowest BCUT2D eigenvalue weighted by atomic mass is 9.70. The topological polar surface area (TPSA) is 614 Å². The van der Waals surface area contributed by atoms with Crippen LogP contribution in [0.2, 0.25) is 25.3 Å². The second-order valence-electron chi connectivity index (χ2n) is 30.2. The number of carbonyl (C=O) groups is 3. The van der Waals surface area contributed by atoms with Crippen molar-refractivity contribution in [1.82, 2.24) is 27.3 Å². The highest BCUT2D eigenvalue weighted by Crippen LogP contribution is 2.48. The maximum Gasteiger partial charge on any atom is 0.451 e. The van der Waals surface area contributed by atoms with E-state index >= 15 is 0 Å². The highest BCUT2D eigenvalue weighted by Gasteiger charge is 2.60. The minimum atomic E-state index is -4.65. The van der Waals surface area contributed by atoms with E-state index < -0.39 is 200 Å². The van der Waals surface area contributed by atoms with Gasteiger partial charge in [0.05, 0.1) is 33.7 Å². The zero-order valence-electron chi connectivity index (χ0n) is 59.9. The summed E-state index contributed by atoms with van der Waals surface area (Å²) in [5.41, 5.74) is 18.4. The third kappa shape index (κ3) is 24.6. The van der Waals surface area contributed by atoms with E-state index in [1.54, 1.807) is 4.31 Å². The molecule has 0 aromatic heterocycles. The van der Waals surface area contributed by atoms with Crippen molar-refractivity contribution < 1.29 is 139 Å². The molecule has 10 aliphatic rings. The van der Waals surface area contributed by atoms with E-state index in [2.05, 4.69) is 14.9 Å². The van der Waals surface area contributed by atoms with Gasteiger partial charge in [-0.15, -0.1) is 0 Å². The van der Waals surface area contributed by atoms with Crippen LogP contribution in [0.5, 0.6) is 0 Å². The van der Waals surface area contributed by atoms with E-state index in [1.165, 1.54) is 12.8 Å². The molecular formula is C59H102B4F6N12O24S4. The predicted octanol–water partition coefficient (Wildman–Crippen LogP) is -2.47. The van der Waals surface area contributed by atoms with Crippen molar-refractivity contribution in [2.24, 2.45) is 70.3 Å². The first-order chi connectivity index (χ1) is 50.4. The van der Waals surface area contributed by atoms with Crippen LogP contribution in [0, 0.1) is 65.2 Å². The Bertz CT molecular complexity index is 3610. The van der Waals surface area contributed by atoms with Crippen molar-refractivity contribution in [3.8, 4) is 6.07 Å². The highest BCUT2D eigenvalue weighted by atomic mass is 32.2. The van der Waals surface area contributed by atoms with Gasteiger partial charge in [-0.05, 0) is 120 Å². The standard InChI is InChI=1S/2C15H26BF3N2O6S.C15H29BN2O4S.C13H21BN6O6S.CO2/c17-15(18,19)10-3-1-5-12(7-10)28(26,27)21-8-11(4-2-6-16(24)25)14(20,9-21)13(22)23;17-15(18,19)11-5-1-2-6-12(11)28(26,27)21-8-10(4-3-7-16(24)25)14(20,9-21)13(22)23;17-14-10-18(9-13(14)2-1-7-16(19)20)23(21,22)15-8-11-3-5-12(15)6-4-11;1-17-11-10(9(5-15)18-11)19-27(25,26)20-6-8(3-2-4-14(23)24)13(16,7-20)12(21)22;2-1-3/h2*10-12,24-25H,1-9,20H2,(H,22,23);11-15,19-20H,1-10,17H2;8-11,18-19,23-24H,2-4,6-7,16H2,(H,21,22);/t10?,11-,12?,14-;10-,11?,12?,14-;11?,12?,13-,14-,15?;8-,9?,10?,11?,13-;/m0000./s1. The van der Waals surface area contributed by atoms with Gasteiger partial charge < -0.3 is 78.4 Å². The number of nitrogens with one attached hydrogen (secondary N) is 2. The van der Waals surface area contributed by atoms with Gasteiger partial charge in [0.1, 0.15) is 28.7 Å². The van der Waals surface area contributed by atoms with Crippen LogP contribution in [0.4, 0.5) is 26.3 Å². The largest absolute Gasteiger partial charge is 0.480 e. The lowest BCUT2D eigenvalue weighted by Gasteiger charge is -2.43. The number of halogens is 6. The molecule has 5 saturated carbocycles. The first-order valence-electron chi connectivity index (χ1n) is 36.1. The van der Waals surface area contributed by atoms with Crippen LogP contribution in [-0.4, -0.2) is 280 Å². The summed E-state index contributed by atoms with van der Waals surface area (Å²) in [6.45, 7) is 5.67. The van der Waals surface area contributed by atoms with Gasteiger partial charge in [-0.3, -0.25) is 19.2 Å². The second kappa shape index (κ2) is 39.8. The molecule has 36 nitrogen and oxygen atoms in total. The van der Waals surface area contributed by atoms with Gasteiger partial charge in [-0.25, -0.2) is 37.1 Å². The molecule has 2 bridgehead atoms. The lowest BCUT2D eigenvalue weighted by molar-refractivity contribution is -0.192. The molecule has 109 heavy (non-hydrogen) atoms. The first-order valence-corrected chi connectivity index (χ1v) is 42.0. The summed E-state index contributed by atoms with van der Waals surface area (Å²) >= 11 is 0. The van der Waals surface area contributed by atoms with Crippen molar-refractivity contribution >= 4 is 92.8 Å². The molecule has 0 amide bonds. The van der Waals surface area contributed by atoms with Gasteiger partial charge in [0.15, 0.2) is 0 Å². The molecule has 0 radical (unpaired) electrons. The average Bonchev–Trinajstić information content (AvgIpc) is 1.68. The van der Waals surface area contributed by atoms with Crippen molar-refractivity contribution in [3.63, 3.8) is 0 Å². The fourth-order valence-electron chi connectivity index (χ4n) is 16.5. The highest BCUT2D eigenvalue weighted by molar-refractivity contribution is 7.90. The van der Waals surface area contributed by atoms with E-state index in [0.29, 0.717) is 44.1 Å². The van der Waals surface area contributed by atoms with Crippen LogP contribution in [0.1, 0.15) is 135 Å². The zero-order chi connectivity index (χ0) is 82.4. The predicted molar refractivity (Wildman–Crippen MR) is 377 cm³/mol. The third-order valence-corrected chi connectivity index (χ3v) is 31.4. The molecule has 5 saturated heterocycles. The number of hydrogen-bond acceptors (Lipinski definition) is 27. The van der Waals surface area contributed by atoms with Crippen molar-refractivity contribution in [2.45, 2.75) is 229 Å². The van der Waals surface area contributed by atoms with E-state index in [9.17, 15) is 89.7 Å². The van der Waals surface area contributed by atoms with Crippen molar-refractivity contribution in [3.05, 3.63) is 11.4 Å². The Kier molecular flexibility index (Phi) is 34.8. The van der Waals surface area contributed by atoms with Crippen LogP contribution < -0.4 is 33.0 Å². The van der Waals surface area contributed by atoms with Crippen LogP contribution in [-0.2, 0) is 64.3 Å². The second-order valence-corrected chi connectivity index (χ2v) is 38.4. The van der Waals surface area contributed by atoms with Crippen LogP contribution in [0.25, 0.3) is 4.85 Å². The molecule has 620 valence electrons. The SMILES string of the molecule is N[C@@]1(C(=O)O)CN(S(=O)(=O)C2CCCC(C(F)(F)F)C2)C[C@@H]1CCCB(O)O.N[C@@]1(C(=O)O)CN(S(=O)(=O)C2CCCCC2C(F)(F)F)C[C@@H]1CCCB(O)O.N[C@H]1CN(S(=O)(=O)C2CC3CCC2CC3)C[C@@H]1CCCB(O)O.O=C=O.[C-]#[N+]C1NC(C#N)C1NS(=O)(=O)N1C[C@H](CCCB(O)O)[C@](N)(C(=O)O)C1. The Labute approximate surface area is 631 Å². The van der Waals surface area contributed by atoms with Gasteiger partial charge in [0.25, 0.3) is 16.4 Å². The Balaban J connectivity index is 0.000000257. The molecular weight excluding hydrogens is 1550 g/mol. The van der Waals surface area contributed by atoms with Crippen LogP contribution in [0.3, 0.4) is 0 Å². The summed E-state index contributed by atoms with van der Waals surface area (Å²) in [6, 6.07) is -0.0953. The Morgan fingerprint density at radius 2 is 0.982 bits per heavy atom. The number of alkyl halides is 6. The summed E-state index contributed by atoms with van der Waals surface area (Å²) in [4.78, 5) is 54.4. The van der Waals surface area contributed by atoms with Gasteiger partial charge in [-0.1, -0.05) is 57.8 Å². The van der Waals surface area contributed by atoms with Crippen molar-refractivity contribution in [1.29, 1.82) is 5.26 Å². The van der Waals surface area contributed by atoms with Gasteiger partial charge in [-0.2, -0.15) is 71.6 Å². The molecule has 21 N–H and O–H groups in total. The number of fused-ring (bicyclic) bond motifs is 3. The summed E-state index contributed by atoms with van der Waals surface area (Å²) in [5.74, 6) is -9.13. The van der Waals surface area contributed by atoms with Crippen LogP contribution >= 0.6 is 0 Å². The fourth-order valence-corrected chi connectivity index (χ4v) is 24.9. The maximum absolute atomic E-state index is 13.4. The lowest BCUT2D eigenvalue weighted by Crippen LogP contribution is -2.70. The molecule has 50 heteroatoms. The number of nitrogens with two attached hydrogens (primary N) is 4. The molecule has 8 unspecified atom stereocenters. The summed E-state index contributed by atoms with van der Waals surface area (Å²) in [5, 5.41) is 108. The molecule has 5 heterocycles. The monoisotopic (exact) mass is 1650 g/mol. The number of nitriles is 1. The zero-order valence-corrected chi connectivity index (χ0v) is 63.2. The third-order valence-electron chi connectivity index (χ3n) is 22.9. The number of sulfonamides is 3. The number of aliphatic carboxylic acids is 3. The molecule has 5 aliphatic heterocycles. The number of nitrogens with zero attached hydrogens (tertiary/aromatic N) is 6. The maximum atomic E-state index is 13.4. The molecule has 10 rings (SSSR count). The van der Waals surface area contributed by atoms with E-state index in [1.807, 2.05) is 6.07 Å². The summed E-state index contributed by atoms with van der Waals surface area (Å²) in [7, 11) is -22.0. The molecule has 16 atom stereocenters. The number of carboxylic acids is 3. The quantitative estimate of drug-likeness (QED) is 0.0219. The normalized spacial score (nSPS) is 33.1. The first kappa shape index (κ1) is 95.3. The Morgan fingerprint density at radius 3 is 1.39 bits per heavy atom. The Morgan fingerprint density at radius 1 is 0.560 bits per heavy atom. The van der Waals surface area contributed by atoms with Gasteiger partial charge >= 0.3 is 64.9 Å². The molecule has 5 aliphatic carbocycles. The molecule has 10 fully saturated rings. The minimum Gasteiger partial charge on any atom is -0.480 e. The number of carboxylic acid groups (broad SMARTS) is 3. The number of hydrogen-bond donors (Lipinski definition) is 17. The molecule has 0 spiro atoms. The molecule has 0 aromatic carbocycles.